The van der Waals surface area contributed by atoms with Crippen LogP contribution in [0.1, 0.15) is 33.6 Å². The van der Waals surface area contributed by atoms with Gasteiger partial charge < -0.3 is 15.7 Å². The zero-order valence-corrected chi connectivity index (χ0v) is 10.0. The highest BCUT2D eigenvalue weighted by Gasteiger charge is 2.22. The Morgan fingerprint density at radius 3 is 2.39 bits per heavy atom. The number of rotatable bonds is 2. The van der Waals surface area contributed by atoms with E-state index in [1.54, 1.807) is 17.0 Å². The maximum Gasteiger partial charge on any atom is 0.335 e. The Hall–Kier alpha value is -1.88. The number of nitrogens with zero attached hydrogens (tertiary/aromatic N) is 1. The first kappa shape index (κ1) is 12.6. The summed E-state index contributed by atoms with van der Waals surface area (Å²) >= 11 is 0. The lowest BCUT2D eigenvalue weighted by Crippen LogP contribution is -2.45. The molecular weight excluding hydrogens is 232 g/mol. The molecular formula is C13H16N2O3. The Labute approximate surface area is 105 Å². The van der Waals surface area contributed by atoms with Crippen molar-refractivity contribution in [2.24, 2.45) is 5.73 Å². The van der Waals surface area contributed by atoms with Crippen molar-refractivity contribution >= 4 is 11.9 Å². The lowest BCUT2D eigenvalue weighted by atomic mass is 10.0. The van der Waals surface area contributed by atoms with Gasteiger partial charge in [-0.15, -0.1) is 0 Å². The van der Waals surface area contributed by atoms with E-state index in [9.17, 15) is 9.59 Å². The summed E-state index contributed by atoms with van der Waals surface area (Å²) in [6, 6.07) is 6.03. The highest BCUT2D eigenvalue weighted by Crippen LogP contribution is 2.13. The summed E-state index contributed by atoms with van der Waals surface area (Å²) in [7, 11) is 0. The second kappa shape index (κ2) is 5.18. The molecule has 5 heteroatoms. The van der Waals surface area contributed by atoms with Crippen molar-refractivity contribution < 1.29 is 14.7 Å². The molecule has 18 heavy (non-hydrogen) atoms. The van der Waals surface area contributed by atoms with Crippen molar-refractivity contribution in [3.63, 3.8) is 0 Å². The third kappa shape index (κ3) is 2.68. The number of likely N-dealkylation sites (tertiary alicyclic amines) is 1. The quantitative estimate of drug-likeness (QED) is 0.816. The van der Waals surface area contributed by atoms with Crippen LogP contribution in [0.15, 0.2) is 24.3 Å². The normalized spacial score (nSPS) is 19.6. The van der Waals surface area contributed by atoms with Crippen LogP contribution in [0.3, 0.4) is 0 Å². The number of carboxylic acid groups (broad SMARTS) is 1. The van der Waals surface area contributed by atoms with Crippen molar-refractivity contribution in [3.8, 4) is 0 Å². The maximum absolute atomic E-state index is 12.1. The van der Waals surface area contributed by atoms with Crippen molar-refractivity contribution in [1.29, 1.82) is 0 Å². The smallest absolute Gasteiger partial charge is 0.335 e. The number of amides is 1. The van der Waals surface area contributed by atoms with E-state index >= 15 is 0 Å². The number of carbonyl (C=O) groups excluding carboxylic acids is 1. The summed E-state index contributed by atoms with van der Waals surface area (Å²) in [6.45, 7) is 1.28. The summed E-state index contributed by atoms with van der Waals surface area (Å²) in [6.07, 6.45) is 1.86. The first-order chi connectivity index (χ1) is 8.58. The number of nitrogens with two attached hydrogens (primary N) is 1. The third-order valence-electron chi connectivity index (χ3n) is 3.12. The topological polar surface area (TPSA) is 83.6 Å². The summed E-state index contributed by atoms with van der Waals surface area (Å²) in [5.41, 5.74) is 6.52. The fraction of sp³-hybridized carbons (Fsp3) is 0.385. The summed E-state index contributed by atoms with van der Waals surface area (Å²) in [5, 5.41) is 8.79. The van der Waals surface area contributed by atoms with Crippen LogP contribution in [-0.4, -0.2) is 41.0 Å². The van der Waals surface area contributed by atoms with Gasteiger partial charge in [0.2, 0.25) is 0 Å². The molecule has 1 atom stereocenters. The van der Waals surface area contributed by atoms with Gasteiger partial charge in [-0.05, 0) is 37.1 Å². The molecule has 96 valence electrons. The molecule has 1 aromatic rings. The standard InChI is InChI=1S/C13H16N2O3/c14-11-2-1-7-15(8-11)12(16)9-3-5-10(6-4-9)13(17)18/h3-6,11H,1-2,7-8,14H2,(H,17,18). The first-order valence-electron chi connectivity index (χ1n) is 5.96. The average molecular weight is 248 g/mol. The molecule has 1 heterocycles. The van der Waals surface area contributed by atoms with Crippen molar-refractivity contribution in [1.82, 2.24) is 4.90 Å². The van der Waals surface area contributed by atoms with Gasteiger partial charge in [-0.3, -0.25) is 4.79 Å². The van der Waals surface area contributed by atoms with Gasteiger partial charge in [0, 0.05) is 24.7 Å². The predicted octanol–water partition coefficient (Wildman–Crippen LogP) is 0.948. The molecule has 1 unspecified atom stereocenters. The lowest BCUT2D eigenvalue weighted by Gasteiger charge is -2.30. The predicted molar refractivity (Wildman–Crippen MR) is 66.5 cm³/mol. The number of hydrogen-bond donors (Lipinski definition) is 2. The molecule has 0 radical (unpaired) electrons. The fourth-order valence-electron chi connectivity index (χ4n) is 2.13. The minimum absolute atomic E-state index is 0.0426. The van der Waals surface area contributed by atoms with Gasteiger partial charge in [0.15, 0.2) is 0 Å². The molecule has 0 bridgehead atoms. The molecule has 3 N–H and O–H groups in total. The van der Waals surface area contributed by atoms with Crippen LogP contribution in [0, 0.1) is 0 Å². The minimum Gasteiger partial charge on any atom is -0.478 e. The molecule has 0 aromatic heterocycles. The van der Waals surface area contributed by atoms with Crippen LogP contribution in [0.25, 0.3) is 0 Å². The monoisotopic (exact) mass is 248 g/mol. The minimum atomic E-state index is -0.992. The Bertz CT molecular complexity index is 456. The second-order valence-electron chi connectivity index (χ2n) is 4.54. The molecule has 1 aliphatic heterocycles. The number of benzene rings is 1. The van der Waals surface area contributed by atoms with E-state index in [1.807, 2.05) is 0 Å². The van der Waals surface area contributed by atoms with Gasteiger partial charge in [-0.1, -0.05) is 0 Å². The van der Waals surface area contributed by atoms with E-state index < -0.39 is 5.97 Å². The Balaban J connectivity index is 2.10. The molecule has 1 aliphatic rings. The number of piperidine rings is 1. The number of carboxylic acids is 1. The zero-order chi connectivity index (χ0) is 13.1. The van der Waals surface area contributed by atoms with E-state index in [-0.39, 0.29) is 17.5 Å². The van der Waals surface area contributed by atoms with E-state index in [4.69, 9.17) is 10.8 Å². The Morgan fingerprint density at radius 1 is 1.22 bits per heavy atom. The Kier molecular flexibility index (Phi) is 3.62. The highest BCUT2D eigenvalue weighted by atomic mass is 16.4. The number of hydrogen-bond acceptors (Lipinski definition) is 3. The van der Waals surface area contributed by atoms with E-state index in [0.29, 0.717) is 18.7 Å². The third-order valence-corrected chi connectivity index (χ3v) is 3.12. The molecule has 2 rings (SSSR count). The molecule has 1 fully saturated rings. The van der Waals surface area contributed by atoms with Gasteiger partial charge in [0.1, 0.15) is 0 Å². The van der Waals surface area contributed by atoms with E-state index in [0.717, 1.165) is 12.8 Å². The van der Waals surface area contributed by atoms with Crippen LogP contribution >= 0.6 is 0 Å². The largest absolute Gasteiger partial charge is 0.478 e. The van der Waals surface area contributed by atoms with Gasteiger partial charge in [0.05, 0.1) is 5.56 Å². The van der Waals surface area contributed by atoms with E-state index in [1.165, 1.54) is 12.1 Å². The van der Waals surface area contributed by atoms with Gasteiger partial charge in [-0.2, -0.15) is 0 Å². The van der Waals surface area contributed by atoms with Crippen molar-refractivity contribution in [3.05, 3.63) is 35.4 Å². The summed E-state index contributed by atoms with van der Waals surface area (Å²) in [4.78, 5) is 24.6. The first-order valence-corrected chi connectivity index (χ1v) is 5.96. The van der Waals surface area contributed by atoms with Crippen LogP contribution in [0.5, 0.6) is 0 Å². The molecule has 0 saturated carbocycles. The second-order valence-corrected chi connectivity index (χ2v) is 4.54. The van der Waals surface area contributed by atoms with Gasteiger partial charge in [0.25, 0.3) is 5.91 Å². The summed E-state index contributed by atoms with van der Waals surface area (Å²) < 4.78 is 0. The highest BCUT2D eigenvalue weighted by molar-refractivity contribution is 5.96. The van der Waals surface area contributed by atoms with Crippen LogP contribution < -0.4 is 5.73 Å². The van der Waals surface area contributed by atoms with Crippen LogP contribution in [0.4, 0.5) is 0 Å². The molecule has 0 spiro atoms. The van der Waals surface area contributed by atoms with Gasteiger partial charge in [-0.25, -0.2) is 4.79 Å². The molecule has 0 aliphatic carbocycles. The number of aromatic carboxylic acids is 1. The zero-order valence-electron chi connectivity index (χ0n) is 10.0. The molecule has 1 aromatic carbocycles. The van der Waals surface area contributed by atoms with Crippen molar-refractivity contribution in [2.75, 3.05) is 13.1 Å². The lowest BCUT2D eigenvalue weighted by molar-refractivity contribution is 0.0688. The Morgan fingerprint density at radius 2 is 1.83 bits per heavy atom. The maximum atomic E-state index is 12.1. The fourth-order valence-corrected chi connectivity index (χ4v) is 2.13. The molecule has 1 saturated heterocycles. The van der Waals surface area contributed by atoms with Crippen LogP contribution in [0.2, 0.25) is 0 Å². The average Bonchev–Trinajstić information content (AvgIpc) is 2.38. The van der Waals surface area contributed by atoms with Gasteiger partial charge >= 0.3 is 5.97 Å². The molecule has 5 nitrogen and oxygen atoms in total. The van der Waals surface area contributed by atoms with Crippen LogP contribution in [-0.2, 0) is 0 Å². The van der Waals surface area contributed by atoms with E-state index in [2.05, 4.69) is 0 Å². The van der Waals surface area contributed by atoms with Crippen molar-refractivity contribution in [2.45, 2.75) is 18.9 Å². The molecule has 1 amide bonds. The summed E-state index contributed by atoms with van der Waals surface area (Å²) in [5.74, 6) is -1.07. The SMILES string of the molecule is NC1CCCN(C(=O)c2ccc(C(=O)O)cc2)C1. The number of carbonyl (C=O) groups is 2.